The van der Waals surface area contributed by atoms with Gasteiger partial charge in [-0.05, 0) is 77.1 Å². The molecule has 1 saturated carbocycles. The molecule has 1 fully saturated rings. The van der Waals surface area contributed by atoms with Gasteiger partial charge < -0.3 is 5.32 Å². The lowest BCUT2D eigenvalue weighted by atomic mass is 9.70. The van der Waals surface area contributed by atoms with E-state index in [0.29, 0.717) is 11.3 Å². The van der Waals surface area contributed by atoms with Crippen molar-refractivity contribution in [2.45, 2.75) is 46.5 Å². The molecule has 0 amide bonds. The Labute approximate surface area is 130 Å². The smallest absolute Gasteiger partial charge is 0.125 e. The minimum Gasteiger partial charge on any atom is -0.384 e. The highest BCUT2D eigenvalue weighted by molar-refractivity contribution is 9.10. The fourth-order valence-electron chi connectivity index (χ4n) is 3.12. The van der Waals surface area contributed by atoms with Crippen LogP contribution in [0.1, 0.15) is 46.5 Å². The Morgan fingerprint density at radius 1 is 1.20 bits per heavy atom. The molecular weight excluding hydrogens is 317 g/mol. The third kappa shape index (κ3) is 4.21. The van der Waals surface area contributed by atoms with Gasteiger partial charge in [-0.1, -0.05) is 20.8 Å². The van der Waals surface area contributed by atoms with Crippen molar-refractivity contribution in [1.82, 2.24) is 0 Å². The standard InChI is InChI=1S/C17H25BrFN/c1-17(2,3)13-6-4-12(5-7-13)11-20-16-10-14(19)8-9-15(16)18/h8-10,12-13,20H,4-7,11H2,1-3H3. The first-order valence-corrected chi connectivity index (χ1v) is 8.34. The summed E-state index contributed by atoms with van der Waals surface area (Å²) in [6.45, 7) is 7.99. The van der Waals surface area contributed by atoms with Crippen LogP contribution in [-0.2, 0) is 0 Å². The molecule has 0 spiro atoms. The number of hydrogen-bond acceptors (Lipinski definition) is 1. The van der Waals surface area contributed by atoms with Crippen LogP contribution in [0, 0.1) is 23.1 Å². The molecule has 1 aromatic rings. The van der Waals surface area contributed by atoms with E-state index in [4.69, 9.17) is 0 Å². The van der Waals surface area contributed by atoms with Gasteiger partial charge in [-0.2, -0.15) is 0 Å². The van der Waals surface area contributed by atoms with E-state index in [2.05, 4.69) is 42.0 Å². The summed E-state index contributed by atoms with van der Waals surface area (Å²) in [6.07, 6.45) is 5.20. The first-order chi connectivity index (χ1) is 9.36. The minimum atomic E-state index is -0.188. The molecule has 1 aliphatic carbocycles. The first-order valence-electron chi connectivity index (χ1n) is 7.55. The van der Waals surface area contributed by atoms with Crippen LogP contribution in [0.15, 0.2) is 22.7 Å². The zero-order valence-electron chi connectivity index (χ0n) is 12.7. The summed E-state index contributed by atoms with van der Waals surface area (Å²) < 4.78 is 14.2. The largest absolute Gasteiger partial charge is 0.384 e. The number of hydrogen-bond donors (Lipinski definition) is 1. The molecule has 0 aromatic heterocycles. The van der Waals surface area contributed by atoms with Crippen LogP contribution >= 0.6 is 15.9 Å². The molecule has 1 aliphatic rings. The lowest BCUT2D eigenvalue weighted by molar-refractivity contribution is 0.153. The van der Waals surface area contributed by atoms with Crippen molar-refractivity contribution in [3.8, 4) is 0 Å². The molecule has 0 atom stereocenters. The molecule has 1 aromatic carbocycles. The summed E-state index contributed by atoms with van der Waals surface area (Å²) in [4.78, 5) is 0. The van der Waals surface area contributed by atoms with E-state index >= 15 is 0 Å². The average Bonchev–Trinajstić information content (AvgIpc) is 2.39. The molecule has 1 N–H and O–H groups in total. The number of nitrogens with one attached hydrogen (secondary N) is 1. The quantitative estimate of drug-likeness (QED) is 0.726. The van der Waals surface area contributed by atoms with Gasteiger partial charge in [0.2, 0.25) is 0 Å². The van der Waals surface area contributed by atoms with Gasteiger partial charge in [-0.25, -0.2) is 4.39 Å². The van der Waals surface area contributed by atoms with E-state index in [0.717, 1.165) is 22.6 Å². The third-order valence-corrected chi connectivity index (χ3v) is 5.27. The summed E-state index contributed by atoms with van der Waals surface area (Å²) in [5, 5.41) is 3.39. The SMILES string of the molecule is CC(C)(C)C1CCC(CNc2cc(F)ccc2Br)CC1. The van der Waals surface area contributed by atoms with E-state index in [1.165, 1.54) is 31.7 Å². The summed E-state index contributed by atoms with van der Waals surface area (Å²) in [5.41, 5.74) is 1.30. The van der Waals surface area contributed by atoms with Gasteiger partial charge >= 0.3 is 0 Å². The fourth-order valence-corrected chi connectivity index (χ4v) is 3.51. The van der Waals surface area contributed by atoms with Crippen LogP contribution in [0.5, 0.6) is 0 Å². The van der Waals surface area contributed by atoms with Crippen LogP contribution in [0.3, 0.4) is 0 Å². The molecule has 3 heteroatoms. The van der Waals surface area contributed by atoms with Crippen LogP contribution in [-0.4, -0.2) is 6.54 Å². The fraction of sp³-hybridized carbons (Fsp3) is 0.647. The molecule has 0 aliphatic heterocycles. The maximum atomic E-state index is 13.2. The van der Waals surface area contributed by atoms with E-state index in [1.54, 1.807) is 12.1 Å². The molecule has 20 heavy (non-hydrogen) atoms. The lowest BCUT2D eigenvalue weighted by Crippen LogP contribution is -2.28. The molecule has 0 saturated heterocycles. The number of halogens is 2. The second-order valence-electron chi connectivity index (χ2n) is 7.09. The van der Waals surface area contributed by atoms with Gasteiger partial charge in [0.25, 0.3) is 0 Å². The van der Waals surface area contributed by atoms with Gasteiger partial charge in [-0.15, -0.1) is 0 Å². The monoisotopic (exact) mass is 341 g/mol. The second-order valence-corrected chi connectivity index (χ2v) is 7.94. The van der Waals surface area contributed by atoms with E-state index in [1.807, 2.05) is 0 Å². The number of benzene rings is 1. The van der Waals surface area contributed by atoms with Crippen molar-refractivity contribution in [2.75, 3.05) is 11.9 Å². The van der Waals surface area contributed by atoms with Crippen molar-refractivity contribution < 1.29 is 4.39 Å². The van der Waals surface area contributed by atoms with Gasteiger partial charge in [0.15, 0.2) is 0 Å². The van der Waals surface area contributed by atoms with Gasteiger partial charge in [0, 0.05) is 11.0 Å². The van der Waals surface area contributed by atoms with Crippen molar-refractivity contribution in [3.05, 3.63) is 28.5 Å². The van der Waals surface area contributed by atoms with E-state index in [-0.39, 0.29) is 5.82 Å². The maximum absolute atomic E-state index is 13.2. The van der Waals surface area contributed by atoms with Crippen LogP contribution in [0.2, 0.25) is 0 Å². The zero-order valence-corrected chi connectivity index (χ0v) is 14.3. The Hall–Kier alpha value is -0.570. The Balaban J connectivity index is 1.83. The topological polar surface area (TPSA) is 12.0 Å². The van der Waals surface area contributed by atoms with Crippen molar-refractivity contribution in [3.63, 3.8) is 0 Å². The van der Waals surface area contributed by atoms with Crippen LogP contribution < -0.4 is 5.32 Å². The van der Waals surface area contributed by atoms with Gasteiger partial charge in [-0.3, -0.25) is 0 Å². The molecule has 1 nitrogen and oxygen atoms in total. The minimum absolute atomic E-state index is 0.188. The highest BCUT2D eigenvalue weighted by Gasteiger charge is 2.29. The predicted molar refractivity (Wildman–Crippen MR) is 87.5 cm³/mol. The second kappa shape index (κ2) is 6.46. The van der Waals surface area contributed by atoms with Crippen LogP contribution in [0.25, 0.3) is 0 Å². The molecule has 0 bridgehead atoms. The highest BCUT2D eigenvalue weighted by Crippen LogP contribution is 2.39. The molecular formula is C17H25BrFN. The van der Waals surface area contributed by atoms with E-state index in [9.17, 15) is 4.39 Å². The van der Waals surface area contributed by atoms with Crippen molar-refractivity contribution >= 4 is 21.6 Å². The van der Waals surface area contributed by atoms with Gasteiger partial charge in [0.1, 0.15) is 5.82 Å². The number of anilines is 1. The van der Waals surface area contributed by atoms with Gasteiger partial charge in [0.05, 0.1) is 5.69 Å². The summed E-state index contributed by atoms with van der Waals surface area (Å²) in [5.74, 6) is 1.37. The average molecular weight is 342 g/mol. The highest BCUT2D eigenvalue weighted by atomic mass is 79.9. The Morgan fingerprint density at radius 3 is 2.45 bits per heavy atom. The lowest BCUT2D eigenvalue weighted by Gasteiger charge is -2.37. The molecule has 0 heterocycles. The molecule has 2 rings (SSSR count). The zero-order chi connectivity index (χ0) is 14.8. The summed E-state index contributed by atoms with van der Waals surface area (Å²) in [7, 11) is 0. The predicted octanol–water partition coefficient (Wildman–Crippen LogP) is 5.85. The van der Waals surface area contributed by atoms with Crippen molar-refractivity contribution in [1.29, 1.82) is 0 Å². The van der Waals surface area contributed by atoms with Crippen LogP contribution in [0.4, 0.5) is 10.1 Å². The third-order valence-electron chi connectivity index (χ3n) is 4.58. The number of rotatable bonds is 3. The van der Waals surface area contributed by atoms with Crippen molar-refractivity contribution in [2.24, 2.45) is 17.3 Å². The molecule has 112 valence electrons. The normalized spacial score (nSPS) is 23.6. The summed E-state index contributed by atoms with van der Waals surface area (Å²) >= 11 is 3.46. The summed E-state index contributed by atoms with van der Waals surface area (Å²) in [6, 6.07) is 4.79. The molecule has 0 radical (unpaired) electrons. The van der Waals surface area contributed by atoms with E-state index < -0.39 is 0 Å². The molecule has 0 unspecified atom stereocenters. The maximum Gasteiger partial charge on any atom is 0.125 e. The Kier molecular flexibility index (Phi) is 5.11. The first kappa shape index (κ1) is 15.8. The Bertz CT molecular complexity index is 445. The Morgan fingerprint density at radius 2 is 1.85 bits per heavy atom.